The number of aldehydes is 1. The Hall–Kier alpha value is -9.53. The van der Waals surface area contributed by atoms with Crippen LogP contribution in [0.3, 0.4) is 0 Å². The van der Waals surface area contributed by atoms with Crippen LogP contribution in [-0.2, 0) is 68.2 Å². The van der Waals surface area contributed by atoms with E-state index in [1.807, 2.05) is 66.7 Å². The Balaban J connectivity index is 0.000000176. The number of likely N-dealkylation sites (tertiary alicyclic amines) is 1. The van der Waals surface area contributed by atoms with Crippen LogP contribution in [0.2, 0.25) is 0 Å². The highest BCUT2D eigenvalue weighted by Gasteiger charge is 2.29. The molecule has 8 aromatic rings. The number of carbonyl (C=O) groups is 3. The predicted octanol–water partition coefficient (Wildman–Crippen LogP) is 14.1. The average molecular weight is 1220 g/mol. The van der Waals surface area contributed by atoms with E-state index < -0.39 is 0 Å². The van der Waals surface area contributed by atoms with Gasteiger partial charge in [0.25, 0.3) is 0 Å². The second-order valence-corrected chi connectivity index (χ2v) is 24.1. The quantitative estimate of drug-likeness (QED) is 0.0657. The Morgan fingerprint density at radius 1 is 0.549 bits per heavy atom. The lowest BCUT2D eigenvalue weighted by Crippen LogP contribution is -2.46. The van der Waals surface area contributed by atoms with Crippen LogP contribution in [0.25, 0.3) is 22.3 Å². The van der Waals surface area contributed by atoms with Crippen molar-refractivity contribution in [2.45, 2.75) is 137 Å². The van der Waals surface area contributed by atoms with Crippen molar-refractivity contribution in [3.8, 4) is 57.4 Å². The molecule has 2 unspecified atom stereocenters. The Morgan fingerprint density at radius 2 is 1.04 bits per heavy atom. The standard InChI is InChI=1S/C39H41N3O3.C32H27NO3.C7H14N2O/c1-27-32(14-7-16-34(27)31-12-4-3-5-13-31)26-45-38-21-39(44-25-30-11-6-10-29(20-30)22-40)37(35-17-8-18-36(35)38)24-42-19-9-15-33(23-42)41-28(2)43;1-22-26(12-6-13-27(22)25-10-3-2-4-11-25)21-36-31-17-32(30(19-34)28-14-7-15-29(28)31)35-20-24-9-5-8-23(16-24)18-33;1-6(10)9-7-3-2-4-8-5-7/h3-7,10-14,16,20-21,33H,8-9,15,17-19,23-26H2,1-2H3,(H,41,43);2-6,8-13,16-17,19H,7,14-15,20-21H2,1H3;7-8H,2-5H2,1H3,(H,9,10). The average Bonchev–Trinajstić information content (AvgIpc) is 1.85. The number of carbonyl (C=O) groups excluding carboxylic acids is 3. The van der Waals surface area contributed by atoms with E-state index in [2.05, 4.69) is 126 Å². The van der Waals surface area contributed by atoms with E-state index in [1.165, 1.54) is 62.1 Å². The van der Waals surface area contributed by atoms with E-state index in [0.717, 1.165) is 142 Å². The van der Waals surface area contributed by atoms with E-state index in [0.29, 0.717) is 48.3 Å². The Kier molecular flexibility index (Phi) is 22.5. The van der Waals surface area contributed by atoms with E-state index in [4.69, 9.17) is 18.9 Å². The Bertz CT molecular complexity index is 3920. The molecule has 0 saturated carbocycles. The highest BCUT2D eigenvalue weighted by molar-refractivity contribution is 5.84. The molecule has 2 amide bonds. The molecule has 2 aliphatic heterocycles. The topological polar surface area (TPSA) is 175 Å². The normalized spacial score (nSPS) is 15.5. The van der Waals surface area contributed by atoms with Gasteiger partial charge in [-0.3, -0.25) is 19.3 Å². The van der Waals surface area contributed by atoms with E-state index in [9.17, 15) is 24.9 Å². The molecule has 2 saturated heterocycles. The number of ether oxygens (including phenoxy) is 4. The number of benzene rings is 8. The smallest absolute Gasteiger partial charge is 0.217 e. The number of piperidine rings is 2. The van der Waals surface area contributed by atoms with Crippen molar-refractivity contribution in [1.29, 1.82) is 10.5 Å². The van der Waals surface area contributed by atoms with Crippen LogP contribution >= 0.6 is 0 Å². The summed E-state index contributed by atoms with van der Waals surface area (Å²) in [7, 11) is 0. The van der Waals surface area contributed by atoms with Crippen LogP contribution in [0.4, 0.5) is 0 Å². The third-order valence-electron chi connectivity index (χ3n) is 17.7. The van der Waals surface area contributed by atoms with Crippen LogP contribution in [0.1, 0.15) is 135 Å². The summed E-state index contributed by atoms with van der Waals surface area (Å²) in [6, 6.07) is 57.4. The van der Waals surface area contributed by atoms with Gasteiger partial charge in [0.15, 0.2) is 6.29 Å². The van der Waals surface area contributed by atoms with Crippen LogP contribution < -0.4 is 34.9 Å². The number of hydrogen-bond donors (Lipinski definition) is 3. The second kappa shape index (κ2) is 31.8. The highest BCUT2D eigenvalue weighted by atomic mass is 16.5. The summed E-state index contributed by atoms with van der Waals surface area (Å²) in [5, 5.41) is 27.8. The zero-order valence-corrected chi connectivity index (χ0v) is 52.9. The number of amides is 2. The molecule has 0 aromatic heterocycles. The second-order valence-electron chi connectivity index (χ2n) is 24.1. The molecule has 2 heterocycles. The summed E-state index contributed by atoms with van der Waals surface area (Å²) >= 11 is 0. The molecule has 2 aliphatic carbocycles. The van der Waals surface area contributed by atoms with Gasteiger partial charge in [0, 0.05) is 63.3 Å². The zero-order chi connectivity index (χ0) is 63.5. The largest absolute Gasteiger partial charge is 0.488 e. The van der Waals surface area contributed by atoms with Crippen molar-refractivity contribution in [3.05, 3.63) is 236 Å². The lowest BCUT2D eigenvalue weighted by Gasteiger charge is -2.34. The minimum Gasteiger partial charge on any atom is -0.488 e. The van der Waals surface area contributed by atoms with Crippen molar-refractivity contribution in [2.24, 2.45) is 0 Å². The fraction of sp³-hybridized carbons (Fsp3) is 0.321. The molecule has 4 aliphatic rings. The molecule has 2 fully saturated rings. The number of nitrogens with one attached hydrogen (secondary N) is 3. The molecular weight excluding hydrogens is 1130 g/mol. The minimum atomic E-state index is 0.0254. The van der Waals surface area contributed by atoms with Gasteiger partial charge < -0.3 is 34.9 Å². The number of nitriles is 2. The van der Waals surface area contributed by atoms with Gasteiger partial charge in [-0.05, 0) is 193 Å². The molecule has 0 bridgehead atoms. The third-order valence-corrected chi connectivity index (χ3v) is 17.7. The molecule has 12 rings (SSSR count). The van der Waals surface area contributed by atoms with E-state index in [1.54, 1.807) is 26.0 Å². The lowest BCUT2D eigenvalue weighted by molar-refractivity contribution is -0.120. The fourth-order valence-electron chi connectivity index (χ4n) is 13.1. The minimum absolute atomic E-state index is 0.0254. The lowest BCUT2D eigenvalue weighted by atomic mass is 9.96. The first-order chi connectivity index (χ1) is 44.4. The molecule has 466 valence electrons. The van der Waals surface area contributed by atoms with E-state index >= 15 is 0 Å². The maximum Gasteiger partial charge on any atom is 0.217 e. The first-order valence-corrected chi connectivity index (χ1v) is 32.0. The summed E-state index contributed by atoms with van der Waals surface area (Å²) in [5.41, 5.74) is 19.1. The first-order valence-electron chi connectivity index (χ1n) is 32.0. The molecule has 13 nitrogen and oxygen atoms in total. The Labute approximate surface area is 536 Å². The number of hydrogen-bond acceptors (Lipinski definition) is 11. The van der Waals surface area contributed by atoms with E-state index in [-0.39, 0.29) is 24.5 Å². The Morgan fingerprint density at radius 3 is 1.58 bits per heavy atom. The first kappa shape index (κ1) is 64.5. The van der Waals surface area contributed by atoms with Crippen molar-refractivity contribution in [2.75, 3.05) is 26.2 Å². The van der Waals surface area contributed by atoms with Gasteiger partial charge in [0.2, 0.25) is 11.8 Å². The molecule has 8 aromatic carbocycles. The third kappa shape index (κ3) is 17.1. The van der Waals surface area contributed by atoms with Crippen LogP contribution in [0, 0.1) is 36.5 Å². The summed E-state index contributed by atoms with van der Waals surface area (Å²) in [5.74, 6) is 3.14. The molecule has 91 heavy (non-hydrogen) atoms. The van der Waals surface area contributed by atoms with Crippen LogP contribution in [-0.4, -0.2) is 61.3 Å². The summed E-state index contributed by atoms with van der Waals surface area (Å²) < 4.78 is 25.8. The van der Waals surface area contributed by atoms with Crippen LogP contribution in [0.5, 0.6) is 23.0 Å². The van der Waals surface area contributed by atoms with Crippen LogP contribution in [0.15, 0.2) is 158 Å². The van der Waals surface area contributed by atoms with Crippen molar-refractivity contribution in [1.82, 2.24) is 20.9 Å². The van der Waals surface area contributed by atoms with Gasteiger partial charge in [-0.15, -0.1) is 0 Å². The van der Waals surface area contributed by atoms with Gasteiger partial charge >= 0.3 is 0 Å². The van der Waals surface area contributed by atoms with Crippen molar-refractivity contribution >= 4 is 18.1 Å². The summed E-state index contributed by atoms with van der Waals surface area (Å²) in [6.45, 7) is 13.6. The number of nitrogens with zero attached hydrogens (tertiary/aromatic N) is 3. The van der Waals surface area contributed by atoms with Gasteiger partial charge in [0.1, 0.15) is 49.4 Å². The van der Waals surface area contributed by atoms with Gasteiger partial charge in [-0.25, -0.2) is 0 Å². The fourth-order valence-corrected chi connectivity index (χ4v) is 13.1. The van der Waals surface area contributed by atoms with Crippen molar-refractivity contribution in [3.63, 3.8) is 0 Å². The summed E-state index contributed by atoms with van der Waals surface area (Å²) in [6.07, 6.45) is 11.0. The summed E-state index contributed by atoms with van der Waals surface area (Å²) in [4.78, 5) is 36.8. The molecule has 3 N–H and O–H groups in total. The SMILES string of the molecule is CC(=O)NC1CCCN(Cc2c(OCc3cccc(C#N)c3)cc(OCc3cccc(-c4ccccc4)c3C)c3c2CCC3)C1.CC(=O)NC1CCCNC1.Cc1c(COc2cc(OCc3cccc(C#N)c3)c(C=O)c3c2CCC3)cccc1-c1ccccc1. The van der Waals surface area contributed by atoms with Gasteiger partial charge in [0.05, 0.1) is 28.8 Å². The van der Waals surface area contributed by atoms with Crippen molar-refractivity contribution < 1.29 is 33.3 Å². The van der Waals surface area contributed by atoms with Gasteiger partial charge in [-0.2, -0.15) is 10.5 Å². The highest BCUT2D eigenvalue weighted by Crippen LogP contribution is 2.42. The number of rotatable bonds is 19. The molecule has 0 radical (unpaired) electrons. The molecule has 0 spiro atoms. The van der Waals surface area contributed by atoms with Gasteiger partial charge in [-0.1, -0.05) is 121 Å². The molecule has 13 heteroatoms. The monoisotopic (exact) mass is 1210 g/mol. The molecule has 2 atom stereocenters. The maximum atomic E-state index is 12.0. The zero-order valence-electron chi connectivity index (χ0n) is 52.9. The maximum absolute atomic E-state index is 12.0. The predicted molar refractivity (Wildman–Crippen MR) is 357 cm³/mol. The number of fused-ring (bicyclic) bond motifs is 2. The molecular formula is C78H82N6O7.